The number of nitriles is 1. The van der Waals surface area contributed by atoms with E-state index in [4.69, 9.17) is 15.7 Å². The van der Waals surface area contributed by atoms with Gasteiger partial charge in [-0.2, -0.15) is 5.26 Å². The van der Waals surface area contributed by atoms with E-state index in [-0.39, 0.29) is 0 Å². The first-order valence-corrected chi connectivity index (χ1v) is 4.89. The summed E-state index contributed by atoms with van der Waals surface area (Å²) in [6.07, 6.45) is 0. The normalized spacial score (nSPS) is 10.0. The lowest BCUT2D eigenvalue weighted by Crippen LogP contribution is -1.89. The topological polar surface area (TPSA) is 59.0 Å². The Kier molecular flexibility index (Phi) is 2.02. The van der Waals surface area contributed by atoms with E-state index in [1.165, 1.54) is 11.3 Å². The van der Waals surface area contributed by atoms with Crippen LogP contribution in [-0.4, -0.2) is 7.11 Å². The van der Waals surface area contributed by atoms with Crippen LogP contribution in [0, 0.1) is 11.3 Å². The quantitative estimate of drug-likeness (QED) is 0.725. The van der Waals surface area contributed by atoms with E-state index in [2.05, 4.69) is 6.07 Å². The number of nitrogens with two attached hydrogens (primary N) is 1. The van der Waals surface area contributed by atoms with Crippen molar-refractivity contribution in [3.63, 3.8) is 0 Å². The molecule has 0 saturated carbocycles. The molecule has 1 heterocycles. The Morgan fingerprint density at radius 3 is 2.93 bits per heavy atom. The van der Waals surface area contributed by atoms with Crippen LogP contribution < -0.4 is 10.5 Å². The van der Waals surface area contributed by atoms with Gasteiger partial charge in [0, 0.05) is 21.8 Å². The fraction of sp³-hybridized carbons (Fsp3) is 0.100. The first-order valence-electron chi connectivity index (χ1n) is 4.01. The van der Waals surface area contributed by atoms with Crippen LogP contribution in [0.15, 0.2) is 17.5 Å². The van der Waals surface area contributed by atoms with Gasteiger partial charge in [0.25, 0.3) is 0 Å². The van der Waals surface area contributed by atoms with E-state index in [0.717, 1.165) is 10.1 Å². The Hall–Kier alpha value is -1.73. The fourth-order valence-electron chi connectivity index (χ4n) is 1.39. The predicted octanol–water partition coefficient (Wildman–Crippen LogP) is 2.36. The second-order valence-corrected chi connectivity index (χ2v) is 3.77. The van der Waals surface area contributed by atoms with Gasteiger partial charge in [-0.05, 0) is 6.07 Å². The molecule has 1 aromatic heterocycles. The number of hydrogen-bond donors (Lipinski definition) is 1. The van der Waals surface area contributed by atoms with Gasteiger partial charge in [-0.3, -0.25) is 0 Å². The van der Waals surface area contributed by atoms with Crippen LogP contribution in [-0.2, 0) is 0 Å². The van der Waals surface area contributed by atoms with E-state index < -0.39 is 0 Å². The Morgan fingerprint density at radius 1 is 1.50 bits per heavy atom. The number of nitrogens with zero attached hydrogens (tertiary/aromatic N) is 1. The van der Waals surface area contributed by atoms with Crippen molar-refractivity contribution in [1.82, 2.24) is 0 Å². The minimum atomic E-state index is 0.641. The molecule has 0 aliphatic carbocycles. The van der Waals surface area contributed by atoms with Gasteiger partial charge in [-0.25, -0.2) is 0 Å². The summed E-state index contributed by atoms with van der Waals surface area (Å²) < 4.78 is 6.17. The standard InChI is InChI=1S/C10H8N2OS/c1-13-8-2-7(12)3-9-10(8)6(4-11)5-14-9/h2-3,5H,12H2,1H3. The molecular weight excluding hydrogens is 196 g/mol. The lowest BCUT2D eigenvalue weighted by atomic mass is 10.1. The zero-order chi connectivity index (χ0) is 10.1. The first kappa shape index (κ1) is 8.85. The van der Waals surface area contributed by atoms with Crippen LogP contribution in [0.25, 0.3) is 10.1 Å². The molecule has 0 atom stereocenters. The van der Waals surface area contributed by atoms with Crippen molar-refractivity contribution in [1.29, 1.82) is 5.26 Å². The first-order chi connectivity index (χ1) is 6.76. The summed E-state index contributed by atoms with van der Waals surface area (Å²) in [6, 6.07) is 5.72. The van der Waals surface area contributed by atoms with Crippen LogP contribution in [0.3, 0.4) is 0 Å². The van der Waals surface area contributed by atoms with Crippen molar-refractivity contribution in [2.24, 2.45) is 0 Å². The molecule has 3 nitrogen and oxygen atoms in total. The molecule has 0 spiro atoms. The summed E-state index contributed by atoms with van der Waals surface area (Å²) in [5, 5.41) is 11.6. The molecule has 0 aliphatic heterocycles. The van der Waals surface area contributed by atoms with Crippen molar-refractivity contribution >= 4 is 27.1 Å². The van der Waals surface area contributed by atoms with Crippen molar-refractivity contribution in [3.05, 3.63) is 23.1 Å². The Morgan fingerprint density at radius 2 is 2.29 bits per heavy atom. The van der Waals surface area contributed by atoms with Crippen LogP contribution in [0.1, 0.15) is 5.56 Å². The molecule has 70 valence electrons. The molecule has 2 rings (SSSR count). The Balaban J connectivity index is 2.87. The Bertz CT molecular complexity index is 525. The molecular formula is C10H8N2OS. The maximum Gasteiger partial charge on any atom is 0.130 e. The maximum absolute atomic E-state index is 8.88. The van der Waals surface area contributed by atoms with Crippen molar-refractivity contribution < 1.29 is 4.74 Å². The number of anilines is 1. The number of nitrogen functional groups attached to an aromatic ring is 1. The molecule has 0 bridgehead atoms. The summed E-state index contributed by atoms with van der Waals surface area (Å²) >= 11 is 1.50. The molecule has 0 saturated heterocycles. The largest absolute Gasteiger partial charge is 0.496 e. The smallest absolute Gasteiger partial charge is 0.130 e. The average molecular weight is 204 g/mol. The highest BCUT2D eigenvalue weighted by Gasteiger charge is 2.09. The van der Waals surface area contributed by atoms with Gasteiger partial charge in [-0.1, -0.05) is 0 Å². The van der Waals surface area contributed by atoms with Gasteiger partial charge in [-0.15, -0.1) is 11.3 Å². The molecule has 0 aliphatic rings. The second-order valence-electron chi connectivity index (χ2n) is 2.86. The predicted molar refractivity (Wildman–Crippen MR) is 57.5 cm³/mol. The highest BCUT2D eigenvalue weighted by Crippen LogP contribution is 2.35. The van der Waals surface area contributed by atoms with Crippen LogP contribution >= 0.6 is 11.3 Å². The third-order valence-corrected chi connectivity index (χ3v) is 2.93. The molecule has 14 heavy (non-hydrogen) atoms. The SMILES string of the molecule is COc1cc(N)cc2scc(C#N)c12. The van der Waals surface area contributed by atoms with E-state index in [1.54, 1.807) is 13.2 Å². The summed E-state index contributed by atoms with van der Waals surface area (Å²) in [5.74, 6) is 0.665. The molecule has 4 heteroatoms. The van der Waals surface area contributed by atoms with Gasteiger partial charge in [0.15, 0.2) is 0 Å². The zero-order valence-corrected chi connectivity index (χ0v) is 8.39. The highest BCUT2D eigenvalue weighted by molar-refractivity contribution is 7.17. The highest BCUT2D eigenvalue weighted by atomic mass is 32.1. The second kappa shape index (κ2) is 3.20. The van der Waals surface area contributed by atoms with E-state index in [0.29, 0.717) is 17.0 Å². The third kappa shape index (κ3) is 1.19. The lowest BCUT2D eigenvalue weighted by Gasteiger charge is -2.03. The van der Waals surface area contributed by atoms with Gasteiger partial charge in [0.05, 0.1) is 18.1 Å². The number of rotatable bonds is 1. The molecule has 1 aromatic carbocycles. The Labute approximate surface area is 85.3 Å². The average Bonchev–Trinajstić information content (AvgIpc) is 2.59. The summed E-state index contributed by atoms with van der Waals surface area (Å²) in [5.41, 5.74) is 6.99. The lowest BCUT2D eigenvalue weighted by molar-refractivity contribution is 0.420. The van der Waals surface area contributed by atoms with Crippen LogP contribution in [0.5, 0.6) is 5.75 Å². The van der Waals surface area contributed by atoms with Gasteiger partial charge in [0.2, 0.25) is 0 Å². The third-order valence-electron chi connectivity index (χ3n) is 2.00. The molecule has 0 radical (unpaired) electrons. The summed E-state index contributed by atoms with van der Waals surface area (Å²) in [6.45, 7) is 0. The molecule has 0 amide bonds. The minimum absolute atomic E-state index is 0.641. The maximum atomic E-state index is 8.88. The monoisotopic (exact) mass is 204 g/mol. The van der Waals surface area contributed by atoms with Crippen LogP contribution in [0.4, 0.5) is 5.69 Å². The molecule has 2 aromatic rings. The van der Waals surface area contributed by atoms with Gasteiger partial charge >= 0.3 is 0 Å². The number of methoxy groups -OCH3 is 1. The molecule has 0 unspecified atom stereocenters. The van der Waals surface area contributed by atoms with E-state index in [1.807, 2.05) is 11.4 Å². The number of ether oxygens (including phenoxy) is 1. The summed E-state index contributed by atoms with van der Waals surface area (Å²) in [7, 11) is 1.58. The zero-order valence-electron chi connectivity index (χ0n) is 7.57. The van der Waals surface area contributed by atoms with E-state index in [9.17, 15) is 0 Å². The van der Waals surface area contributed by atoms with Crippen molar-refractivity contribution in [2.75, 3.05) is 12.8 Å². The number of thiophene rings is 1. The van der Waals surface area contributed by atoms with E-state index >= 15 is 0 Å². The number of fused-ring (bicyclic) bond motifs is 1. The van der Waals surface area contributed by atoms with Crippen molar-refractivity contribution in [2.45, 2.75) is 0 Å². The van der Waals surface area contributed by atoms with Crippen molar-refractivity contribution in [3.8, 4) is 11.8 Å². The molecule has 2 N–H and O–H groups in total. The summed E-state index contributed by atoms with van der Waals surface area (Å²) in [4.78, 5) is 0. The van der Waals surface area contributed by atoms with Gasteiger partial charge < -0.3 is 10.5 Å². The number of benzene rings is 1. The molecule has 0 fully saturated rings. The van der Waals surface area contributed by atoms with Gasteiger partial charge in [0.1, 0.15) is 11.8 Å². The number of hydrogen-bond acceptors (Lipinski definition) is 4. The fourth-order valence-corrected chi connectivity index (χ4v) is 2.34. The minimum Gasteiger partial charge on any atom is -0.496 e. The van der Waals surface area contributed by atoms with Crippen LogP contribution in [0.2, 0.25) is 0 Å².